The fraction of sp³-hybridized carbons (Fsp3) is 0.375. The molecule has 0 aliphatic carbocycles. The molecule has 1 saturated heterocycles. The monoisotopic (exact) mass is 333 g/mol. The predicted molar refractivity (Wildman–Crippen MR) is 84.9 cm³/mol. The van der Waals surface area contributed by atoms with Crippen molar-refractivity contribution in [1.82, 2.24) is 9.55 Å². The van der Waals surface area contributed by atoms with Gasteiger partial charge in [0.2, 0.25) is 0 Å². The minimum absolute atomic E-state index is 0.0760. The summed E-state index contributed by atoms with van der Waals surface area (Å²) in [4.78, 5) is 15.4. The number of hydrogen-bond acceptors (Lipinski definition) is 7. The van der Waals surface area contributed by atoms with Crippen molar-refractivity contribution in [3.8, 4) is 0 Å². The SMILES string of the molecule is Nc1ccn([C@@H]2O[C@H](COCc3ccccc3)[C@@H](O)[C@H]2O)c(=O)n1. The van der Waals surface area contributed by atoms with E-state index in [0.717, 1.165) is 10.1 Å². The number of anilines is 1. The van der Waals surface area contributed by atoms with Gasteiger partial charge in [-0.05, 0) is 11.6 Å². The quantitative estimate of drug-likeness (QED) is 0.685. The Morgan fingerprint density at radius 3 is 2.67 bits per heavy atom. The molecule has 0 spiro atoms. The van der Waals surface area contributed by atoms with E-state index >= 15 is 0 Å². The molecule has 3 rings (SSSR count). The lowest BCUT2D eigenvalue weighted by molar-refractivity contribution is -0.0710. The molecule has 0 unspecified atom stereocenters. The van der Waals surface area contributed by atoms with E-state index < -0.39 is 30.2 Å². The maximum Gasteiger partial charge on any atom is 0.351 e. The predicted octanol–water partition coefficient (Wildman–Crippen LogP) is -0.338. The van der Waals surface area contributed by atoms with Crippen LogP contribution in [0.25, 0.3) is 0 Å². The Kier molecular flexibility index (Phi) is 4.91. The standard InChI is InChI=1S/C16H19N3O5/c17-12-6-7-19(16(22)18-12)15-14(21)13(20)11(24-15)9-23-8-10-4-2-1-3-5-10/h1-7,11,13-15,20-21H,8-9H2,(H2,17,18,22)/t11-,13-,14-,15-/m1/s1. The molecule has 0 saturated carbocycles. The van der Waals surface area contributed by atoms with Crippen LogP contribution >= 0.6 is 0 Å². The lowest BCUT2D eigenvalue weighted by Crippen LogP contribution is -2.36. The molecule has 4 N–H and O–H groups in total. The largest absolute Gasteiger partial charge is 0.387 e. The van der Waals surface area contributed by atoms with Crippen molar-refractivity contribution in [1.29, 1.82) is 0 Å². The zero-order chi connectivity index (χ0) is 17.1. The molecule has 8 nitrogen and oxygen atoms in total. The first-order valence-corrected chi connectivity index (χ1v) is 7.54. The van der Waals surface area contributed by atoms with Gasteiger partial charge >= 0.3 is 5.69 Å². The lowest BCUT2D eigenvalue weighted by Gasteiger charge is -2.16. The molecule has 1 aromatic heterocycles. The molecule has 1 aliphatic rings. The van der Waals surface area contributed by atoms with Gasteiger partial charge in [-0.2, -0.15) is 4.98 Å². The van der Waals surface area contributed by atoms with Gasteiger partial charge in [0.1, 0.15) is 24.1 Å². The maximum absolute atomic E-state index is 11.9. The Morgan fingerprint density at radius 1 is 1.21 bits per heavy atom. The first-order valence-electron chi connectivity index (χ1n) is 7.54. The topological polar surface area (TPSA) is 120 Å². The van der Waals surface area contributed by atoms with Gasteiger partial charge in [-0.1, -0.05) is 30.3 Å². The number of rotatable bonds is 5. The zero-order valence-electron chi connectivity index (χ0n) is 12.9. The van der Waals surface area contributed by atoms with Crippen molar-refractivity contribution >= 4 is 5.82 Å². The van der Waals surface area contributed by atoms with E-state index in [1.165, 1.54) is 12.3 Å². The molecule has 0 radical (unpaired) electrons. The molecule has 24 heavy (non-hydrogen) atoms. The van der Waals surface area contributed by atoms with E-state index in [1.54, 1.807) is 0 Å². The number of aromatic nitrogens is 2. The van der Waals surface area contributed by atoms with E-state index in [-0.39, 0.29) is 12.4 Å². The highest BCUT2D eigenvalue weighted by Crippen LogP contribution is 2.28. The molecule has 8 heteroatoms. The summed E-state index contributed by atoms with van der Waals surface area (Å²) in [5.41, 5.74) is 5.77. The molecule has 1 aromatic carbocycles. The smallest absolute Gasteiger partial charge is 0.351 e. The Morgan fingerprint density at radius 2 is 1.96 bits per heavy atom. The average Bonchev–Trinajstić information content (AvgIpc) is 2.84. The number of nitrogens with two attached hydrogens (primary N) is 1. The van der Waals surface area contributed by atoms with Crippen LogP contribution in [0.2, 0.25) is 0 Å². The van der Waals surface area contributed by atoms with Crippen LogP contribution in [0.5, 0.6) is 0 Å². The Bertz CT molecular complexity index is 736. The van der Waals surface area contributed by atoms with Crippen LogP contribution in [0.4, 0.5) is 5.82 Å². The van der Waals surface area contributed by atoms with Crippen LogP contribution in [0, 0.1) is 0 Å². The van der Waals surface area contributed by atoms with E-state index in [4.69, 9.17) is 15.2 Å². The van der Waals surface area contributed by atoms with Crippen LogP contribution in [0.3, 0.4) is 0 Å². The number of hydrogen-bond donors (Lipinski definition) is 3. The van der Waals surface area contributed by atoms with Crippen molar-refractivity contribution in [2.45, 2.75) is 31.1 Å². The first-order chi connectivity index (χ1) is 11.6. The number of nitrogens with zero attached hydrogens (tertiary/aromatic N) is 2. The van der Waals surface area contributed by atoms with Gasteiger partial charge < -0.3 is 25.4 Å². The lowest BCUT2D eigenvalue weighted by atomic mass is 10.1. The van der Waals surface area contributed by atoms with Gasteiger partial charge in [0.05, 0.1) is 13.2 Å². The molecule has 2 heterocycles. The van der Waals surface area contributed by atoms with E-state index in [9.17, 15) is 15.0 Å². The Labute approximate surface area is 138 Å². The highest BCUT2D eigenvalue weighted by molar-refractivity contribution is 5.23. The third-order valence-electron chi connectivity index (χ3n) is 3.86. The highest BCUT2D eigenvalue weighted by Gasteiger charge is 2.44. The minimum atomic E-state index is -1.27. The van der Waals surface area contributed by atoms with Crippen LogP contribution < -0.4 is 11.4 Å². The second-order valence-electron chi connectivity index (χ2n) is 5.59. The Balaban J connectivity index is 1.63. The van der Waals surface area contributed by atoms with Crippen molar-refractivity contribution in [3.63, 3.8) is 0 Å². The summed E-state index contributed by atoms with van der Waals surface area (Å²) in [6.07, 6.45) is -2.85. The third-order valence-corrected chi connectivity index (χ3v) is 3.86. The van der Waals surface area contributed by atoms with Gasteiger partial charge in [-0.15, -0.1) is 0 Å². The summed E-state index contributed by atoms with van der Waals surface area (Å²) in [7, 11) is 0. The van der Waals surface area contributed by atoms with Crippen molar-refractivity contribution in [2.75, 3.05) is 12.3 Å². The number of aliphatic hydroxyl groups excluding tert-OH is 2. The summed E-state index contributed by atoms with van der Waals surface area (Å²) in [6.45, 7) is 0.443. The number of benzene rings is 1. The minimum Gasteiger partial charge on any atom is -0.387 e. The molecular weight excluding hydrogens is 314 g/mol. The molecule has 1 aliphatic heterocycles. The van der Waals surface area contributed by atoms with Crippen LogP contribution in [0.15, 0.2) is 47.4 Å². The summed E-state index contributed by atoms with van der Waals surface area (Å²) in [5.74, 6) is 0.0760. The molecule has 4 atom stereocenters. The molecule has 0 bridgehead atoms. The van der Waals surface area contributed by atoms with Crippen LogP contribution in [-0.4, -0.2) is 44.7 Å². The summed E-state index contributed by atoms with van der Waals surface area (Å²) < 4.78 is 12.2. The second kappa shape index (κ2) is 7.10. The molecule has 1 fully saturated rings. The normalized spacial score (nSPS) is 26.6. The fourth-order valence-corrected chi connectivity index (χ4v) is 2.58. The summed E-state index contributed by atoms with van der Waals surface area (Å²) in [6, 6.07) is 11.0. The van der Waals surface area contributed by atoms with Gasteiger partial charge in [0.15, 0.2) is 6.23 Å². The van der Waals surface area contributed by atoms with Crippen LogP contribution in [0.1, 0.15) is 11.8 Å². The molecular formula is C16H19N3O5. The van der Waals surface area contributed by atoms with Gasteiger partial charge in [0.25, 0.3) is 0 Å². The third kappa shape index (κ3) is 3.46. The number of aliphatic hydroxyl groups is 2. The fourth-order valence-electron chi connectivity index (χ4n) is 2.58. The van der Waals surface area contributed by atoms with Gasteiger partial charge in [-0.25, -0.2) is 4.79 Å². The average molecular weight is 333 g/mol. The second-order valence-corrected chi connectivity index (χ2v) is 5.59. The summed E-state index contributed by atoms with van der Waals surface area (Å²) >= 11 is 0. The van der Waals surface area contributed by atoms with Gasteiger partial charge in [0, 0.05) is 6.20 Å². The van der Waals surface area contributed by atoms with Crippen molar-refractivity contribution < 1.29 is 19.7 Å². The van der Waals surface area contributed by atoms with E-state index in [1.807, 2.05) is 30.3 Å². The van der Waals surface area contributed by atoms with E-state index in [2.05, 4.69) is 4.98 Å². The maximum atomic E-state index is 11.9. The van der Waals surface area contributed by atoms with Crippen LogP contribution in [-0.2, 0) is 16.1 Å². The van der Waals surface area contributed by atoms with E-state index in [0.29, 0.717) is 6.61 Å². The van der Waals surface area contributed by atoms with Crippen molar-refractivity contribution in [3.05, 3.63) is 58.6 Å². The Hall–Kier alpha value is -2.26. The molecule has 2 aromatic rings. The highest BCUT2D eigenvalue weighted by atomic mass is 16.6. The van der Waals surface area contributed by atoms with Crippen molar-refractivity contribution in [2.24, 2.45) is 0 Å². The number of nitrogen functional groups attached to an aromatic ring is 1. The summed E-state index contributed by atoms with van der Waals surface area (Å²) in [5, 5.41) is 20.3. The first kappa shape index (κ1) is 16.6. The zero-order valence-corrected chi connectivity index (χ0v) is 12.9. The van der Waals surface area contributed by atoms with Gasteiger partial charge in [-0.3, -0.25) is 4.57 Å². The number of ether oxygens (including phenoxy) is 2. The molecule has 128 valence electrons. The molecule has 0 amide bonds.